The lowest BCUT2D eigenvalue weighted by Crippen LogP contribution is -2.47. The van der Waals surface area contributed by atoms with Crippen LogP contribution < -0.4 is 0 Å². The molecule has 0 aromatic rings. The third-order valence-electron chi connectivity index (χ3n) is 4.07. The smallest absolute Gasteiger partial charge is 0.0700 e. The van der Waals surface area contributed by atoms with Gasteiger partial charge < -0.3 is 4.74 Å². The Morgan fingerprint density at radius 1 is 1.31 bits per heavy atom. The SMILES string of the molecule is CCC1CN(CC(CC)(CC)CS)CCO1. The maximum atomic E-state index is 5.71. The van der Waals surface area contributed by atoms with Crippen LogP contribution in [-0.4, -0.2) is 43.0 Å². The van der Waals surface area contributed by atoms with Crippen LogP contribution >= 0.6 is 12.6 Å². The fourth-order valence-corrected chi connectivity index (χ4v) is 2.94. The summed E-state index contributed by atoms with van der Waals surface area (Å²) in [4.78, 5) is 2.57. The second-order valence-electron chi connectivity index (χ2n) is 5.00. The molecular formula is C13H27NOS. The number of hydrogen-bond donors (Lipinski definition) is 1. The van der Waals surface area contributed by atoms with Crippen molar-refractivity contribution in [3.8, 4) is 0 Å². The first-order valence-electron chi connectivity index (χ1n) is 6.64. The van der Waals surface area contributed by atoms with Gasteiger partial charge >= 0.3 is 0 Å². The number of morpholine rings is 1. The van der Waals surface area contributed by atoms with E-state index in [2.05, 4.69) is 38.3 Å². The molecule has 1 aliphatic rings. The molecule has 0 spiro atoms. The molecule has 0 radical (unpaired) electrons. The Kier molecular flexibility index (Phi) is 6.16. The Morgan fingerprint density at radius 2 is 2.00 bits per heavy atom. The van der Waals surface area contributed by atoms with E-state index in [4.69, 9.17) is 4.74 Å². The van der Waals surface area contributed by atoms with Gasteiger partial charge in [-0.05, 0) is 30.4 Å². The topological polar surface area (TPSA) is 12.5 Å². The quantitative estimate of drug-likeness (QED) is 0.723. The Bertz CT molecular complexity index is 186. The van der Waals surface area contributed by atoms with Crippen LogP contribution in [0.1, 0.15) is 40.0 Å². The van der Waals surface area contributed by atoms with Gasteiger partial charge in [0.1, 0.15) is 0 Å². The van der Waals surface area contributed by atoms with Crippen LogP contribution in [0, 0.1) is 5.41 Å². The zero-order valence-electron chi connectivity index (χ0n) is 11.0. The molecule has 1 fully saturated rings. The molecule has 0 N–H and O–H groups in total. The van der Waals surface area contributed by atoms with Crippen molar-refractivity contribution in [2.24, 2.45) is 5.41 Å². The van der Waals surface area contributed by atoms with Crippen molar-refractivity contribution in [2.45, 2.75) is 46.1 Å². The van der Waals surface area contributed by atoms with E-state index >= 15 is 0 Å². The first kappa shape index (κ1) is 14.3. The van der Waals surface area contributed by atoms with E-state index in [9.17, 15) is 0 Å². The molecule has 0 saturated carbocycles. The lowest BCUT2D eigenvalue weighted by atomic mass is 9.83. The first-order valence-corrected chi connectivity index (χ1v) is 7.27. The molecule has 1 atom stereocenters. The van der Waals surface area contributed by atoms with E-state index in [-0.39, 0.29) is 0 Å². The maximum Gasteiger partial charge on any atom is 0.0700 e. The van der Waals surface area contributed by atoms with Crippen LogP contribution in [0.25, 0.3) is 0 Å². The van der Waals surface area contributed by atoms with Crippen molar-refractivity contribution in [1.29, 1.82) is 0 Å². The first-order chi connectivity index (χ1) is 7.69. The van der Waals surface area contributed by atoms with Gasteiger partial charge in [-0.3, -0.25) is 4.90 Å². The lowest BCUT2D eigenvalue weighted by Gasteiger charge is -2.40. The molecule has 1 rings (SSSR count). The summed E-state index contributed by atoms with van der Waals surface area (Å²) >= 11 is 4.55. The summed E-state index contributed by atoms with van der Waals surface area (Å²) in [5.41, 5.74) is 0.402. The van der Waals surface area contributed by atoms with Gasteiger partial charge in [-0.2, -0.15) is 12.6 Å². The molecule has 0 aromatic carbocycles. The summed E-state index contributed by atoms with van der Waals surface area (Å²) in [6.45, 7) is 11.1. The minimum Gasteiger partial charge on any atom is -0.376 e. The van der Waals surface area contributed by atoms with Crippen molar-refractivity contribution in [3.63, 3.8) is 0 Å². The number of thiol groups is 1. The van der Waals surface area contributed by atoms with Gasteiger partial charge in [0.05, 0.1) is 12.7 Å². The summed E-state index contributed by atoms with van der Waals surface area (Å²) in [5, 5.41) is 0. The molecule has 1 aliphatic heterocycles. The minimum atomic E-state index is 0.402. The molecule has 3 heteroatoms. The highest BCUT2D eigenvalue weighted by molar-refractivity contribution is 7.80. The predicted molar refractivity (Wildman–Crippen MR) is 73.3 cm³/mol. The third-order valence-corrected chi connectivity index (χ3v) is 4.74. The monoisotopic (exact) mass is 245 g/mol. The van der Waals surface area contributed by atoms with E-state index in [0.717, 1.165) is 31.9 Å². The van der Waals surface area contributed by atoms with Gasteiger partial charge in [0.25, 0.3) is 0 Å². The summed E-state index contributed by atoms with van der Waals surface area (Å²) in [5.74, 6) is 0.994. The average Bonchev–Trinajstić information content (AvgIpc) is 2.36. The number of nitrogens with zero attached hydrogens (tertiary/aromatic N) is 1. The normalized spacial score (nSPS) is 23.6. The Hall–Kier alpha value is 0.270. The second kappa shape index (κ2) is 6.87. The van der Waals surface area contributed by atoms with Gasteiger partial charge in [-0.25, -0.2) is 0 Å². The Morgan fingerprint density at radius 3 is 2.50 bits per heavy atom. The summed E-state index contributed by atoms with van der Waals surface area (Å²) in [7, 11) is 0. The standard InChI is InChI=1S/C13H27NOS/c1-4-12-9-14(7-8-15-12)10-13(5-2,6-3)11-16/h12,16H,4-11H2,1-3H3. The second-order valence-corrected chi connectivity index (χ2v) is 5.32. The Balaban J connectivity index is 2.50. The average molecular weight is 245 g/mol. The fraction of sp³-hybridized carbons (Fsp3) is 1.00. The van der Waals surface area contributed by atoms with E-state index in [1.54, 1.807) is 0 Å². The molecule has 0 aliphatic carbocycles. The van der Waals surface area contributed by atoms with E-state index in [0.29, 0.717) is 11.5 Å². The number of ether oxygens (including phenoxy) is 1. The molecule has 0 aromatic heterocycles. The van der Waals surface area contributed by atoms with Crippen LogP contribution in [0.4, 0.5) is 0 Å². The molecule has 0 amide bonds. The molecular weight excluding hydrogens is 218 g/mol. The van der Waals surface area contributed by atoms with Gasteiger partial charge in [0.2, 0.25) is 0 Å². The van der Waals surface area contributed by atoms with Gasteiger partial charge in [-0.15, -0.1) is 0 Å². The highest BCUT2D eigenvalue weighted by Crippen LogP contribution is 2.29. The Labute approximate surface area is 106 Å². The van der Waals surface area contributed by atoms with Crippen molar-refractivity contribution in [3.05, 3.63) is 0 Å². The van der Waals surface area contributed by atoms with Gasteiger partial charge in [0.15, 0.2) is 0 Å². The van der Waals surface area contributed by atoms with Crippen molar-refractivity contribution in [1.82, 2.24) is 4.90 Å². The van der Waals surface area contributed by atoms with Crippen molar-refractivity contribution >= 4 is 12.6 Å². The molecule has 2 nitrogen and oxygen atoms in total. The zero-order chi connectivity index (χ0) is 12.0. The van der Waals surface area contributed by atoms with Crippen LogP contribution in [0.15, 0.2) is 0 Å². The molecule has 96 valence electrons. The molecule has 0 bridgehead atoms. The highest BCUT2D eigenvalue weighted by atomic mass is 32.1. The largest absolute Gasteiger partial charge is 0.376 e. The molecule has 1 unspecified atom stereocenters. The molecule has 1 saturated heterocycles. The number of rotatable bonds is 6. The van der Waals surface area contributed by atoms with Crippen LogP contribution in [-0.2, 0) is 4.74 Å². The maximum absolute atomic E-state index is 5.71. The van der Waals surface area contributed by atoms with E-state index in [1.807, 2.05) is 0 Å². The summed E-state index contributed by atoms with van der Waals surface area (Å²) in [6, 6.07) is 0. The molecule has 1 heterocycles. The lowest BCUT2D eigenvalue weighted by molar-refractivity contribution is -0.0412. The molecule has 16 heavy (non-hydrogen) atoms. The predicted octanol–water partition coefficient (Wildman–Crippen LogP) is 2.83. The summed E-state index contributed by atoms with van der Waals surface area (Å²) < 4.78 is 5.71. The van der Waals surface area contributed by atoms with Gasteiger partial charge in [0, 0.05) is 19.6 Å². The zero-order valence-corrected chi connectivity index (χ0v) is 11.9. The number of hydrogen-bond acceptors (Lipinski definition) is 3. The van der Waals surface area contributed by atoms with Crippen LogP contribution in [0.2, 0.25) is 0 Å². The summed E-state index contributed by atoms with van der Waals surface area (Å²) in [6.07, 6.45) is 4.02. The van der Waals surface area contributed by atoms with Crippen molar-refractivity contribution < 1.29 is 4.74 Å². The highest BCUT2D eigenvalue weighted by Gasteiger charge is 2.29. The van der Waals surface area contributed by atoms with Crippen LogP contribution in [0.5, 0.6) is 0 Å². The fourth-order valence-electron chi connectivity index (χ4n) is 2.39. The minimum absolute atomic E-state index is 0.402. The third kappa shape index (κ3) is 3.64. The van der Waals surface area contributed by atoms with E-state index < -0.39 is 0 Å². The van der Waals surface area contributed by atoms with Crippen molar-refractivity contribution in [2.75, 3.05) is 32.0 Å². The van der Waals surface area contributed by atoms with Gasteiger partial charge in [-0.1, -0.05) is 20.8 Å². The van der Waals surface area contributed by atoms with Crippen LogP contribution in [0.3, 0.4) is 0 Å². The van der Waals surface area contributed by atoms with E-state index in [1.165, 1.54) is 19.4 Å².